The first kappa shape index (κ1) is 20.7. The summed E-state index contributed by atoms with van der Waals surface area (Å²) in [6, 6.07) is 0. The molecule has 1 atom stereocenters. The highest BCUT2D eigenvalue weighted by Crippen LogP contribution is 2.17. The number of ether oxygens (including phenoxy) is 2. The summed E-state index contributed by atoms with van der Waals surface area (Å²) in [5.74, 6) is 0.773. The van der Waals surface area contributed by atoms with E-state index >= 15 is 0 Å². The molecule has 1 N–H and O–H groups in total. The highest BCUT2D eigenvalue weighted by atomic mass is 16.5. The summed E-state index contributed by atoms with van der Waals surface area (Å²) in [6.07, 6.45) is 4.73. The first-order valence-electron chi connectivity index (χ1n) is 9.56. The van der Waals surface area contributed by atoms with E-state index in [2.05, 4.69) is 21.8 Å². The molecule has 0 spiro atoms. The van der Waals surface area contributed by atoms with E-state index in [0.29, 0.717) is 13.2 Å². The minimum Gasteiger partial charge on any atom is -0.376 e. The van der Waals surface area contributed by atoms with Gasteiger partial charge < -0.3 is 24.6 Å². The smallest absolute Gasteiger partial charge is 0.243 e. The summed E-state index contributed by atoms with van der Waals surface area (Å²) in [5, 5.41) is 3.32. The molecule has 2 aliphatic rings. The molecule has 2 rings (SSSR count). The molecule has 2 aliphatic heterocycles. The van der Waals surface area contributed by atoms with E-state index < -0.39 is 0 Å². The average Bonchev–Trinajstić information content (AvgIpc) is 3.13. The Hall–Kier alpha value is -1.60. The minimum absolute atomic E-state index is 0.00518. The molecule has 26 heavy (non-hydrogen) atoms. The summed E-state index contributed by atoms with van der Waals surface area (Å²) in [5.41, 5.74) is 1.03. The number of likely N-dealkylation sites (N-methyl/N-ethyl adjacent to an activating group) is 1. The predicted octanol–water partition coefficient (Wildman–Crippen LogP) is 1.26. The lowest BCUT2D eigenvalue weighted by Crippen LogP contribution is -2.48. The Morgan fingerprint density at radius 1 is 1.35 bits per heavy atom. The molecule has 0 bridgehead atoms. The van der Waals surface area contributed by atoms with Crippen molar-refractivity contribution in [3.8, 4) is 0 Å². The van der Waals surface area contributed by atoms with Crippen molar-refractivity contribution in [2.24, 2.45) is 4.99 Å². The lowest BCUT2D eigenvalue weighted by Gasteiger charge is -2.34. The molecular weight excluding hydrogens is 332 g/mol. The number of amides is 1. The summed E-state index contributed by atoms with van der Waals surface area (Å²) >= 11 is 0. The second-order valence-electron chi connectivity index (χ2n) is 7.39. The maximum Gasteiger partial charge on any atom is 0.243 e. The first-order chi connectivity index (χ1) is 12.5. The van der Waals surface area contributed by atoms with Crippen molar-refractivity contribution in [1.29, 1.82) is 0 Å². The first-order valence-corrected chi connectivity index (χ1v) is 9.56. The molecule has 1 unspecified atom stereocenters. The molecular formula is C19H34N4O3. The quantitative estimate of drug-likeness (QED) is 0.417. The highest BCUT2D eigenvalue weighted by molar-refractivity contribution is 5.85. The Labute approximate surface area is 157 Å². The number of carbonyl (C=O) groups is 1. The number of rotatable bonds is 7. The lowest BCUT2D eigenvalue weighted by atomic mass is 10.1. The van der Waals surface area contributed by atoms with Crippen molar-refractivity contribution in [3.05, 3.63) is 12.2 Å². The van der Waals surface area contributed by atoms with Gasteiger partial charge in [-0.15, -0.1) is 0 Å². The molecule has 0 aromatic heterocycles. The standard InChI is InChI=1S/C19H34N4O3/c1-15(2)12-20-19(21-13-18(24)22(3)4)23-9-7-16(8-10-23)26-14-17-6-5-11-25-17/h16-17H,1,5-14H2,2-4H3,(H,20,21). The van der Waals surface area contributed by atoms with E-state index in [4.69, 9.17) is 9.47 Å². The molecule has 0 aromatic rings. The van der Waals surface area contributed by atoms with E-state index in [1.54, 1.807) is 19.0 Å². The van der Waals surface area contributed by atoms with Crippen LogP contribution in [0.5, 0.6) is 0 Å². The summed E-state index contributed by atoms with van der Waals surface area (Å²) in [7, 11) is 3.49. The molecule has 2 saturated heterocycles. The average molecular weight is 367 g/mol. The Morgan fingerprint density at radius 3 is 2.65 bits per heavy atom. The van der Waals surface area contributed by atoms with Crippen LogP contribution >= 0.6 is 0 Å². The van der Waals surface area contributed by atoms with Crippen molar-refractivity contribution >= 4 is 11.9 Å². The van der Waals surface area contributed by atoms with Crippen LogP contribution in [0.25, 0.3) is 0 Å². The van der Waals surface area contributed by atoms with Crippen LogP contribution in [0, 0.1) is 0 Å². The van der Waals surface area contributed by atoms with Gasteiger partial charge in [-0.25, -0.2) is 4.99 Å². The van der Waals surface area contributed by atoms with E-state index in [0.717, 1.165) is 56.9 Å². The third-order valence-electron chi connectivity index (χ3n) is 4.69. The number of nitrogens with one attached hydrogen (secondary N) is 1. The van der Waals surface area contributed by atoms with Crippen molar-refractivity contribution < 1.29 is 14.3 Å². The number of hydrogen-bond donors (Lipinski definition) is 1. The number of carbonyl (C=O) groups excluding carboxylic acids is 1. The van der Waals surface area contributed by atoms with Crippen LogP contribution < -0.4 is 5.32 Å². The normalized spacial score (nSPS) is 21.7. The Morgan fingerprint density at radius 2 is 2.08 bits per heavy atom. The van der Waals surface area contributed by atoms with Gasteiger partial charge in [0.1, 0.15) is 6.54 Å². The molecule has 0 aliphatic carbocycles. The topological polar surface area (TPSA) is 66.4 Å². The van der Waals surface area contributed by atoms with Gasteiger partial charge in [-0.2, -0.15) is 0 Å². The van der Waals surface area contributed by atoms with Gasteiger partial charge in [0, 0.05) is 40.3 Å². The van der Waals surface area contributed by atoms with E-state index in [-0.39, 0.29) is 24.7 Å². The Bertz CT molecular complexity index is 493. The van der Waals surface area contributed by atoms with Crippen LogP contribution in [0.1, 0.15) is 32.6 Å². The maximum absolute atomic E-state index is 11.9. The van der Waals surface area contributed by atoms with Gasteiger partial charge >= 0.3 is 0 Å². The van der Waals surface area contributed by atoms with Gasteiger partial charge in [0.2, 0.25) is 5.91 Å². The zero-order chi connectivity index (χ0) is 18.9. The zero-order valence-corrected chi connectivity index (χ0v) is 16.5. The molecule has 7 heteroatoms. The van der Waals surface area contributed by atoms with Gasteiger partial charge in [0.05, 0.1) is 18.8 Å². The number of hydrogen-bond acceptors (Lipinski definition) is 4. The van der Waals surface area contributed by atoms with Crippen molar-refractivity contribution in [2.45, 2.75) is 44.8 Å². The molecule has 148 valence electrons. The van der Waals surface area contributed by atoms with Crippen LogP contribution in [0.4, 0.5) is 0 Å². The van der Waals surface area contributed by atoms with Gasteiger partial charge in [-0.05, 0) is 32.6 Å². The fourth-order valence-corrected chi connectivity index (χ4v) is 3.04. The fraction of sp³-hybridized carbons (Fsp3) is 0.789. The largest absolute Gasteiger partial charge is 0.376 e. The van der Waals surface area contributed by atoms with Gasteiger partial charge in [-0.1, -0.05) is 12.2 Å². The summed E-state index contributed by atoms with van der Waals surface area (Å²) in [4.78, 5) is 20.1. The summed E-state index contributed by atoms with van der Waals surface area (Å²) in [6.45, 7) is 10.0. The monoisotopic (exact) mass is 366 g/mol. The number of likely N-dealkylation sites (tertiary alicyclic amines) is 1. The molecule has 1 amide bonds. The van der Waals surface area contributed by atoms with Crippen LogP contribution in [0.2, 0.25) is 0 Å². The second kappa shape index (κ2) is 10.5. The maximum atomic E-state index is 11.9. The van der Waals surface area contributed by atoms with E-state index in [9.17, 15) is 4.79 Å². The zero-order valence-electron chi connectivity index (χ0n) is 16.5. The van der Waals surface area contributed by atoms with Crippen molar-refractivity contribution in [2.75, 3.05) is 53.5 Å². The Balaban J connectivity index is 1.82. The summed E-state index contributed by atoms with van der Waals surface area (Å²) < 4.78 is 11.7. The lowest BCUT2D eigenvalue weighted by molar-refractivity contribution is -0.127. The van der Waals surface area contributed by atoms with E-state index in [1.807, 2.05) is 6.92 Å². The highest BCUT2D eigenvalue weighted by Gasteiger charge is 2.24. The number of guanidine groups is 1. The number of aliphatic imine (C=N–C) groups is 1. The van der Waals surface area contributed by atoms with Gasteiger partial charge in [0.15, 0.2) is 5.96 Å². The van der Waals surface area contributed by atoms with Gasteiger partial charge in [-0.3, -0.25) is 4.79 Å². The molecule has 0 aromatic carbocycles. The number of nitrogens with zero attached hydrogens (tertiary/aromatic N) is 3. The second-order valence-corrected chi connectivity index (χ2v) is 7.39. The molecule has 2 fully saturated rings. The van der Waals surface area contributed by atoms with Crippen molar-refractivity contribution in [1.82, 2.24) is 15.1 Å². The SMILES string of the molecule is C=C(C)CNC(=NCC(=O)N(C)C)N1CCC(OCC2CCCO2)CC1. The molecule has 0 saturated carbocycles. The van der Waals surface area contributed by atoms with Gasteiger partial charge in [0.25, 0.3) is 0 Å². The van der Waals surface area contributed by atoms with Crippen molar-refractivity contribution in [3.63, 3.8) is 0 Å². The predicted molar refractivity (Wildman–Crippen MR) is 103 cm³/mol. The van der Waals surface area contributed by atoms with E-state index in [1.165, 1.54) is 0 Å². The Kier molecular flexibility index (Phi) is 8.38. The van der Waals surface area contributed by atoms with Crippen LogP contribution in [-0.4, -0.2) is 87.4 Å². The number of piperidine rings is 1. The third kappa shape index (κ3) is 6.96. The van der Waals surface area contributed by atoms with Crippen LogP contribution in [0.3, 0.4) is 0 Å². The third-order valence-corrected chi connectivity index (χ3v) is 4.69. The van der Waals surface area contributed by atoms with Crippen LogP contribution in [-0.2, 0) is 14.3 Å². The minimum atomic E-state index is -0.00518. The molecule has 0 radical (unpaired) electrons. The fourth-order valence-electron chi connectivity index (χ4n) is 3.04. The van der Waals surface area contributed by atoms with Crippen LogP contribution in [0.15, 0.2) is 17.1 Å². The molecule has 2 heterocycles. The molecule has 7 nitrogen and oxygen atoms in total.